The lowest BCUT2D eigenvalue weighted by Gasteiger charge is -2.21. The SMILES string of the molecule is CC1(C)c2ccccc2-c2c1ccc1c2c2ccccc2n1-c1nc(-c2ccc3c(c2)oc2c(-c4ccccc4)cccc23)nc(-c2cccc3sc4ccccc4c23)n1. The van der Waals surface area contributed by atoms with E-state index in [1.54, 1.807) is 11.3 Å². The Hall–Kier alpha value is -7.41. The average Bonchev–Trinajstić information content (AvgIpc) is 4.03. The molecule has 0 saturated carbocycles. The van der Waals surface area contributed by atoms with Crippen molar-refractivity contribution < 1.29 is 4.42 Å². The second-order valence-electron chi connectivity index (χ2n) is 16.3. The van der Waals surface area contributed by atoms with Crippen molar-refractivity contribution in [2.75, 3.05) is 0 Å². The first-order chi connectivity index (χ1) is 29.5. The van der Waals surface area contributed by atoms with E-state index in [0.29, 0.717) is 17.6 Å². The molecule has 4 aromatic heterocycles. The van der Waals surface area contributed by atoms with Crippen LogP contribution >= 0.6 is 11.3 Å². The van der Waals surface area contributed by atoms with Crippen LogP contribution in [0.15, 0.2) is 174 Å². The van der Waals surface area contributed by atoms with Crippen LogP contribution in [0.25, 0.3) is 115 Å². The zero-order valence-electron chi connectivity index (χ0n) is 32.8. The minimum atomic E-state index is -0.129. The number of fused-ring (bicyclic) bond motifs is 13. The van der Waals surface area contributed by atoms with Gasteiger partial charge in [0, 0.05) is 63.8 Å². The number of para-hydroxylation sites is 2. The summed E-state index contributed by atoms with van der Waals surface area (Å²) in [4.78, 5) is 16.2. The Morgan fingerprint density at radius 1 is 0.483 bits per heavy atom. The lowest BCUT2D eigenvalue weighted by molar-refractivity contribution is 0.661. The van der Waals surface area contributed by atoms with Crippen LogP contribution in [0.2, 0.25) is 0 Å². The molecule has 8 aromatic carbocycles. The first-order valence-electron chi connectivity index (χ1n) is 20.4. The fourth-order valence-corrected chi connectivity index (χ4v) is 11.1. The first kappa shape index (κ1) is 33.6. The van der Waals surface area contributed by atoms with Crippen molar-refractivity contribution in [3.63, 3.8) is 0 Å². The molecule has 1 aliphatic carbocycles. The van der Waals surface area contributed by atoms with E-state index < -0.39 is 0 Å². The van der Waals surface area contributed by atoms with Gasteiger partial charge in [0.05, 0.1) is 11.0 Å². The standard InChI is InChI=1S/C54H34N4OS/c1-54(2)40-22-9-6-16-36(40)48-41(54)28-29-43-49(48)37-17-7-10-23-42(37)58(43)53-56-51(55-52(57-53)39-21-13-25-46-47(39)38-18-8-11-24-45(38)60-46)32-26-27-34-35-20-12-19-33(31-14-4-3-5-15-31)50(35)59-44(34)30-32/h3-30H,1-2H3. The monoisotopic (exact) mass is 786 g/mol. The van der Waals surface area contributed by atoms with Crippen LogP contribution in [0, 0.1) is 0 Å². The van der Waals surface area contributed by atoms with Crippen molar-refractivity contribution in [2.24, 2.45) is 0 Å². The van der Waals surface area contributed by atoms with E-state index in [2.05, 4.69) is 182 Å². The van der Waals surface area contributed by atoms with Gasteiger partial charge in [-0.3, -0.25) is 4.57 Å². The van der Waals surface area contributed by atoms with Crippen LogP contribution < -0.4 is 0 Å². The van der Waals surface area contributed by atoms with Gasteiger partial charge in [-0.15, -0.1) is 11.3 Å². The van der Waals surface area contributed by atoms with E-state index in [1.807, 2.05) is 6.07 Å². The van der Waals surface area contributed by atoms with Crippen molar-refractivity contribution in [1.29, 1.82) is 0 Å². The summed E-state index contributed by atoms with van der Waals surface area (Å²) in [5.74, 6) is 1.77. The van der Waals surface area contributed by atoms with E-state index in [4.69, 9.17) is 19.4 Å². The summed E-state index contributed by atoms with van der Waals surface area (Å²) in [6, 6.07) is 60.3. The summed E-state index contributed by atoms with van der Waals surface area (Å²) in [5.41, 5.74) is 12.9. The molecule has 0 N–H and O–H groups in total. The lowest BCUT2D eigenvalue weighted by atomic mass is 9.82. The van der Waals surface area contributed by atoms with E-state index in [9.17, 15) is 0 Å². The highest BCUT2D eigenvalue weighted by Gasteiger charge is 2.37. The fourth-order valence-electron chi connectivity index (χ4n) is 9.93. The first-order valence-corrected chi connectivity index (χ1v) is 21.2. The molecule has 60 heavy (non-hydrogen) atoms. The smallest absolute Gasteiger partial charge is 0.238 e. The van der Waals surface area contributed by atoms with E-state index in [1.165, 1.54) is 47.8 Å². The third-order valence-corrected chi connectivity index (χ3v) is 13.8. The number of hydrogen-bond acceptors (Lipinski definition) is 5. The number of hydrogen-bond donors (Lipinski definition) is 0. The Morgan fingerprint density at radius 2 is 1.20 bits per heavy atom. The average molecular weight is 787 g/mol. The van der Waals surface area contributed by atoms with Crippen molar-refractivity contribution >= 4 is 75.3 Å². The second-order valence-corrected chi connectivity index (χ2v) is 17.4. The third-order valence-electron chi connectivity index (χ3n) is 12.7. The molecule has 4 heterocycles. The predicted molar refractivity (Wildman–Crippen MR) is 248 cm³/mol. The van der Waals surface area contributed by atoms with Gasteiger partial charge in [0.1, 0.15) is 11.2 Å². The highest BCUT2D eigenvalue weighted by atomic mass is 32.1. The molecule has 0 spiro atoms. The number of aromatic nitrogens is 4. The third kappa shape index (κ3) is 4.65. The molecule has 0 bridgehead atoms. The van der Waals surface area contributed by atoms with Crippen molar-refractivity contribution in [3.8, 4) is 51.0 Å². The molecular formula is C54H34N4OS. The molecular weight excluding hydrogens is 753 g/mol. The Bertz CT molecular complexity index is 3760. The van der Waals surface area contributed by atoms with Crippen molar-refractivity contribution in [1.82, 2.24) is 19.5 Å². The van der Waals surface area contributed by atoms with Crippen LogP contribution in [-0.4, -0.2) is 19.5 Å². The molecule has 0 unspecified atom stereocenters. The van der Waals surface area contributed by atoms with Crippen LogP contribution in [0.4, 0.5) is 0 Å². The van der Waals surface area contributed by atoms with Gasteiger partial charge in [0.25, 0.3) is 0 Å². The molecule has 1 aliphatic rings. The largest absolute Gasteiger partial charge is 0.455 e. The van der Waals surface area contributed by atoms with Gasteiger partial charge >= 0.3 is 0 Å². The molecule has 0 atom stereocenters. The molecule has 0 fully saturated rings. The molecule has 0 saturated heterocycles. The number of furan rings is 1. The predicted octanol–water partition coefficient (Wildman–Crippen LogP) is 14.5. The molecule has 0 amide bonds. The molecule has 5 nitrogen and oxygen atoms in total. The summed E-state index contributed by atoms with van der Waals surface area (Å²) >= 11 is 1.80. The minimum Gasteiger partial charge on any atom is -0.455 e. The summed E-state index contributed by atoms with van der Waals surface area (Å²) in [6.45, 7) is 4.67. The van der Waals surface area contributed by atoms with Crippen molar-refractivity contribution in [3.05, 3.63) is 181 Å². The van der Waals surface area contributed by atoms with E-state index in [-0.39, 0.29) is 5.41 Å². The van der Waals surface area contributed by atoms with E-state index in [0.717, 1.165) is 60.6 Å². The quantitative estimate of drug-likeness (QED) is 0.178. The Labute approximate surface area is 348 Å². The molecule has 0 aliphatic heterocycles. The van der Waals surface area contributed by atoms with Gasteiger partial charge in [-0.2, -0.15) is 9.97 Å². The second kappa shape index (κ2) is 12.3. The van der Waals surface area contributed by atoms with E-state index >= 15 is 0 Å². The molecule has 0 radical (unpaired) electrons. The zero-order chi connectivity index (χ0) is 39.7. The normalized spacial score (nSPS) is 13.3. The Balaban J connectivity index is 1.09. The van der Waals surface area contributed by atoms with Crippen LogP contribution in [0.1, 0.15) is 25.0 Å². The van der Waals surface area contributed by atoms with Gasteiger partial charge in [-0.05, 0) is 64.2 Å². The maximum Gasteiger partial charge on any atom is 0.238 e. The highest BCUT2D eigenvalue weighted by Crippen LogP contribution is 2.53. The van der Waals surface area contributed by atoms with Gasteiger partial charge in [-0.1, -0.05) is 147 Å². The number of thiophene rings is 1. The fraction of sp³-hybridized carbons (Fsp3) is 0.0556. The zero-order valence-corrected chi connectivity index (χ0v) is 33.6. The van der Waals surface area contributed by atoms with Gasteiger partial charge in [0.2, 0.25) is 5.95 Å². The van der Waals surface area contributed by atoms with Crippen LogP contribution in [0.5, 0.6) is 0 Å². The summed E-state index contributed by atoms with van der Waals surface area (Å²) in [7, 11) is 0. The molecule has 13 rings (SSSR count). The minimum absolute atomic E-state index is 0.129. The van der Waals surface area contributed by atoms with Crippen LogP contribution in [-0.2, 0) is 5.41 Å². The number of nitrogens with zero attached hydrogens (tertiary/aromatic N) is 4. The van der Waals surface area contributed by atoms with Crippen molar-refractivity contribution in [2.45, 2.75) is 19.3 Å². The molecule has 282 valence electrons. The maximum absolute atomic E-state index is 6.74. The van der Waals surface area contributed by atoms with Gasteiger partial charge in [0.15, 0.2) is 11.6 Å². The van der Waals surface area contributed by atoms with Gasteiger partial charge in [-0.25, -0.2) is 4.98 Å². The summed E-state index contributed by atoms with van der Waals surface area (Å²) in [6.07, 6.45) is 0. The number of benzene rings is 8. The Kier molecular flexibility index (Phi) is 6.88. The molecule has 12 aromatic rings. The highest BCUT2D eigenvalue weighted by molar-refractivity contribution is 7.25. The van der Waals surface area contributed by atoms with Gasteiger partial charge < -0.3 is 4.42 Å². The maximum atomic E-state index is 6.74. The molecule has 6 heteroatoms. The van der Waals surface area contributed by atoms with Crippen LogP contribution in [0.3, 0.4) is 0 Å². The summed E-state index contributed by atoms with van der Waals surface area (Å²) in [5, 5.41) is 6.87. The summed E-state index contributed by atoms with van der Waals surface area (Å²) < 4.78 is 11.4. The lowest BCUT2D eigenvalue weighted by Crippen LogP contribution is -2.14. The Morgan fingerprint density at radius 3 is 2.12 bits per heavy atom. The topological polar surface area (TPSA) is 56.7 Å². The number of rotatable bonds is 4.